The van der Waals surface area contributed by atoms with Crippen LogP contribution in [0.25, 0.3) is 0 Å². The normalized spacial score (nSPS) is 27.8. The van der Waals surface area contributed by atoms with Crippen LogP contribution in [0.2, 0.25) is 0 Å². The lowest BCUT2D eigenvalue weighted by atomic mass is 9.97. The minimum atomic E-state index is -0.387. The monoisotopic (exact) mass is 243 g/mol. The molecule has 1 aliphatic carbocycles. The SMILES string of the molecule is NCC1(NC(=O)[C@@H]2CSC(=O)N2)CCCC1. The van der Waals surface area contributed by atoms with Crippen LogP contribution in [0.4, 0.5) is 4.79 Å². The van der Waals surface area contributed by atoms with E-state index < -0.39 is 0 Å². The molecule has 1 saturated heterocycles. The molecule has 0 unspecified atom stereocenters. The molecule has 2 fully saturated rings. The molecule has 0 spiro atoms. The maximum Gasteiger partial charge on any atom is 0.279 e. The molecule has 2 amide bonds. The number of thioether (sulfide) groups is 1. The van der Waals surface area contributed by atoms with Gasteiger partial charge < -0.3 is 16.4 Å². The summed E-state index contributed by atoms with van der Waals surface area (Å²) in [6, 6.07) is -0.387. The third kappa shape index (κ3) is 2.32. The van der Waals surface area contributed by atoms with Crippen LogP contribution in [-0.4, -0.2) is 35.0 Å². The lowest BCUT2D eigenvalue weighted by Crippen LogP contribution is -2.56. The van der Waals surface area contributed by atoms with E-state index in [0.29, 0.717) is 12.3 Å². The number of amides is 2. The molecule has 0 aromatic heterocycles. The van der Waals surface area contributed by atoms with Crippen molar-refractivity contribution in [2.75, 3.05) is 12.3 Å². The minimum Gasteiger partial charge on any atom is -0.348 e. The molecule has 1 aliphatic heterocycles. The van der Waals surface area contributed by atoms with Gasteiger partial charge in [-0.1, -0.05) is 24.6 Å². The Labute approximate surface area is 98.9 Å². The van der Waals surface area contributed by atoms with Gasteiger partial charge in [0.15, 0.2) is 0 Å². The second-order valence-electron chi connectivity index (χ2n) is 4.48. The fourth-order valence-corrected chi connectivity index (χ4v) is 3.08. The van der Waals surface area contributed by atoms with Crippen molar-refractivity contribution in [2.24, 2.45) is 5.73 Å². The molecule has 2 aliphatic rings. The van der Waals surface area contributed by atoms with Gasteiger partial charge in [0, 0.05) is 12.3 Å². The first-order chi connectivity index (χ1) is 7.65. The van der Waals surface area contributed by atoms with E-state index in [2.05, 4.69) is 10.6 Å². The van der Waals surface area contributed by atoms with Gasteiger partial charge in [-0.25, -0.2) is 0 Å². The summed E-state index contributed by atoms with van der Waals surface area (Å²) in [6.45, 7) is 0.479. The Morgan fingerprint density at radius 2 is 2.25 bits per heavy atom. The number of carbonyl (C=O) groups excluding carboxylic acids is 2. The van der Waals surface area contributed by atoms with Gasteiger partial charge in [0.2, 0.25) is 5.91 Å². The van der Waals surface area contributed by atoms with Crippen molar-refractivity contribution in [1.29, 1.82) is 0 Å². The molecule has 1 atom stereocenters. The average Bonchev–Trinajstić information content (AvgIpc) is 2.88. The zero-order valence-electron chi connectivity index (χ0n) is 9.12. The van der Waals surface area contributed by atoms with Crippen molar-refractivity contribution in [3.63, 3.8) is 0 Å². The van der Waals surface area contributed by atoms with Crippen molar-refractivity contribution in [1.82, 2.24) is 10.6 Å². The van der Waals surface area contributed by atoms with Crippen molar-refractivity contribution in [3.05, 3.63) is 0 Å². The largest absolute Gasteiger partial charge is 0.348 e. The molecule has 0 radical (unpaired) electrons. The summed E-state index contributed by atoms with van der Waals surface area (Å²) in [6.07, 6.45) is 4.12. The number of rotatable bonds is 3. The fraction of sp³-hybridized carbons (Fsp3) is 0.800. The summed E-state index contributed by atoms with van der Waals surface area (Å²) in [5, 5.41) is 5.54. The van der Waals surface area contributed by atoms with Crippen LogP contribution in [0, 0.1) is 0 Å². The van der Waals surface area contributed by atoms with Crippen molar-refractivity contribution in [2.45, 2.75) is 37.3 Å². The Balaban J connectivity index is 1.93. The van der Waals surface area contributed by atoms with E-state index in [1.807, 2.05) is 0 Å². The summed E-state index contributed by atoms with van der Waals surface area (Å²) in [5.74, 6) is 0.427. The van der Waals surface area contributed by atoms with E-state index >= 15 is 0 Å². The quantitative estimate of drug-likeness (QED) is 0.661. The van der Waals surface area contributed by atoms with Crippen molar-refractivity contribution >= 4 is 22.9 Å². The van der Waals surface area contributed by atoms with Crippen LogP contribution in [0.1, 0.15) is 25.7 Å². The van der Waals surface area contributed by atoms with Gasteiger partial charge in [0.25, 0.3) is 5.24 Å². The highest BCUT2D eigenvalue weighted by molar-refractivity contribution is 8.14. The number of hydrogen-bond donors (Lipinski definition) is 3. The molecule has 0 aromatic rings. The Bertz CT molecular complexity index is 302. The maximum absolute atomic E-state index is 11.9. The third-order valence-electron chi connectivity index (χ3n) is 3.33. The number of nitrogens with two attached hydrogens (primary N) is 1. The van der Waals surface area contributed by atoms with Crippen LogP contribution >= 0.6 is 11.8 Å². The molecule has 2 rings (SSSR count). The minimum absolute atomic E-state index is 0.0919. The topological polar surface area (TPSA) is 84.2 Å². The molecule has 4 N–H and O–H groups in total. The highest BCUT2D eigenvalue weighted by Crippen LogP contribution is 2.29. The molecule has 6 heteroatoms. The molecule has 1 heterocycles. The summed E-state index contributed by atoms with van der Waals surface area (Å²) >= 11 is 1.16. The lowest BCUT2D eigenvalue weighted by molar-refractivity contribution is -0.124. The van der Waals surface area contributed by atoms with E-state index in [4.69, 9.17) is 5.73 Å². The van der Waals surface area contributed by atoms with Gasteiger partial charge in [-0.15, -0.1) is 0 Å². The second kappa shape index (κ2) is 4.63. The summed E-state index contributed by atoms with van der Waals surface area (Å²) in [5.41, 5.74) is 5.51. The highest BCUT2D eigenvalue weighted by atomic mass is 32.2. The summed E-state index contributed by atoms with van der Waals surface area (Å²) < 4.78 is 0. The first-order valence-corrected chi connectivity index (χ1v) is 6.59. The Morgan fingerprint density at radius 3 is 2.75 bits per heavy atom. The Hall–Kier alpha value is -0.750. The van der Waals surface area contributed by atoms with E-state index in [-0.39, 0.29) is 22.7 Å². The van der Waals surface area contributed by atoms with Gasteiger partial charge in [-0.3, -0.25) is 9.59 Å². The van der Waals surface area contributed by atoms with Gasteiger partial charge >= 0.3 is 0 Å². The van der Waals surface area contributed by atoms with Crippen LogP contribution < -0.4 is 16.4 Å². The molecule has 5 nitrogen and oxygen atoms in total. The van der Waals surface area contributed by atoms with Gasteiger partial charge in [-0.2, -0.15) is 0 Å². The third-order valence-corrected chi connectivity index (χ3v) is 4.21. The van der Waals surface area contributed by atoms with E-state index in [0.717, 1.165) is 37.4 Å². The van der Waals surface area contributed by atoms with Crippen LogP contribution in [-0.2, 0) is 4.79 Å². The molecule has 16 heavy (non-hydrogen) atoms. The van der Waals surface area contributed by atoms with Gasteiger partial charge in [-0.05, 0) is 12.8 Å². The van der Waals surface area contributed by atoms with E-state index in [1.54, 1.807) is 0 Å². The van der Waals surface area contributed by atoms with Gasteiger partial charge in [0.05, 0.1) is 5.54 Å². The smallest absolute Gasteiger partial charge is 0.279 e. The predicted molar refractivity (Wildman–Crippen MR) is 63.2 cm³/mol. The second-order valence-corrected chi connectivity index (χ2v) is 5.47. The molecule has 1 saturated carbocycles. The van der Waals surface area contributed by atoms with Crippen molar-refractivity contribution < 1.29 is 9.59 Å². The van der Waals surface area contributed by atoms with E-state index in [9.17, 15) is 9.59 Å². The van der Waals surface area contributed by atoms with Gasteiger partial charge in [0.1, 0.15) is 6.04 Å². The molecular formula is C10H17N3O2S. The van der Waals surface area contributed by atoms with E-state index in [1.165, 1.54) is 0 Å². The number of hydrogen-bond acceptors (Lipinski definition) is 4. The zero-order chi connectivity index (χ0) is 11.6. The predicted octanol–water partition coefficient (Wildman–Crippen LogP) is 0.199. The standard InChI is InChI=1S/C10H17N3O2S/c11-6-10(3-1-2-4-10)13-8(14)7-5-16-9(15)12-7/h7H,1-6,11H2,(H,12,15)(H,13,14)/t7-/m0/s1. The average molecular weight is 243 g/mol. The fourth-order valence-electron chi connectivity index (χ4n) is 2.31. The van der Waals surface area contributed by atoms with Crippen LogP contribution in [0.15, 0.2) is 0 Å². The van der Waals surface area contributed by atoms with Crippen LogP contribution in [0.5, 0.6) is 0 Å². The van der Waals surface area contributed by atoms with Crippen LogP contribution in [0.3, 0.4) is 0 Å². The summed E-state index contributed by atoms with van der Waals surface area (Å²) in [4.78, 5) is 22.9. The maximum atomic E-state index is 11.9. The molecule has 90 valence electrons. The molecular weight excluding hydrogens is 226 g/mol. The Kier molecular flexibility index (Phi) is 3.39. The Morgan fingerprint density at radius 1 is 1.56 bits per heavy atom. The molecule has 0 bridgehead atoms. The number of nitrogens with one attached hydrogen (secondary N) is 2. The number of carbonyl (C=O) groups is 2. The van der Waals surface area contributed by atoms with Crippen molar-refractivity contribution in [3.8, 4) is 0 Å². The first kappa shape index (κ1) is 11.7. The lowest BCUT2D eigenvalue weighted by Gasteiger charge is -2.29. The summed E-state index contributed by atoms with van der Waals surface area (Å²) in [7, 11) is 0. The highest BCUT2D eigenvalue weighted by Gasteiger charge is 2.37. The zero-order valence-corrected chi connectivity index (χ0v) is 9.94. The molecule has 0 aromatic carbocycles. The first-order valence-electron chi connectivity index (χ1n) is 5.61.